The Balaban J connectivity index is 2.29. The highest BCUT2D eigenvalue weighted by Gasteiger charge is 2.19. The molecule has 1 heterocycles. The Morgan fingerprint density at radius 1 is 1.47 bits per heavy atom. The lowest BCUT2D eigenvalue weighted by molar-refractivity contribution is 0.490. The molecule has 0 spiro atoms. The zero-order valence-electron chi connectivity index (χ0n) is 10.1. The Bertz CT molecular complexity index is 588. The molecule has 0 amide bonds. The first-order valence-corrected chi connectivity index (χ1v) is 7.20. The third-order valence-corrected chi connectivity index (χ3v) is 4.35. The summed E-state index contributed by atoms with van der Waals surface area (Å²) >= 11 is 4.60. The number of hydrogen-bond acceptors (Lipinski definition) is 4. The molecule has 1 atom stereocenters. The fraction of sp³-hybridized carbons (Fsp3) is 0.250. The van der Waals surface area contributed by atoms with E-state index in [2.05, 4.69) is 26.3 Å². The summed E-state index contributed by atoms with van der Waals surface area (Å²) in [6.45, 7) is 1.91. The summed E-state index contributed by atoms with van der Waals surface area (Å²) in [7, 11) is 0. The number of benzene rings is 1. The smallest absolute Gasteiger partial charge is 0.173 e. The van der Waals surface area contributed by atoms with Crippen LogP contribution < -0.4 is 11.3 Å². The van der Waals surface area contributed by atoms with E-state index in [1.54, 1.807) is 0 Å². The monoisotopic (exact) mass is 347 g/mol. The average Bonchev–Trinajstić information content (AvgIpc) is 2.80. The van der Waals surface area contributed by atoms with Crippen LogP contribution >= 0.6 is 27.3 Å². The molecule has 0 radical (unpaired) electrons. The summed E-state index contributed by atoms with van der Waals surface area (Å²) < 4.78 is 26.7. The van der Waals surface area contributed by atoms with Crippen molar-refractivity contribution >= 4 is 27.3 Å². The standard InChI is InChI=1S/C12H12BrF2N3S/c1-6-17-7(5-19-6)4-10(18-16)8-2-3-9(14)12(15)11(8)13/h2-3,5,10,18H,4,16H2,1H3. The molecule has 0 bridgehead atoms. The van der Waals surface area contributed by atoms with E-state index >= 15 is 0 Å². The maximum absolute atomic E-state index is 13.5. The molecular formula is C12H12BrF2N3S. The van der Waals surface area contributed by atoms with E-state index < -0.39 is 11.6 Å². The van der Waals surface area contributed by atoms with Gasteiger partial charge in [-0.1, -0.05) is 6.07 Å². The normalized spacial score (nSPS) is 12.7. The van der Waals surface area contributed by atoms with Gasteiger partial charge in [0.25, 0.3) is 0 Å². The number of hydrazine groups is 1. The zero-order valence-corrected chi connectivity index (χ0v) is 12.5. The summed E-state index contributed by atoms with van der Waals surface area (Å²) in [6.07, 6.45) is 0.504. The molecule has 3 nitrogen and oxygen atoms in total. The van der Waals surface area contributed by atoms with Crippen LogP contribution in [0.1, 0.15) is 22.3 Å². The third kappa shape index (κ3) is 3.17. The van der Waals surface area contributed by atoms with E-state index in [-0.39, 0.29) is 10.5 Å². The highest BCUT2D eigenvalue weighted by atomic mass is 79.9. The predicted octanol–water partition coefficient (Wildman–Crippen LogP) is 3.24. The maximum atomic E-state index is 13.5. The van der Waals surface area contributed by atoms with Crippen LogP contribution in [0.25, 0.3) is 0 Å². The van der Waals surface area contributed by atoms with Crippen molar-refractivity contribution in [3.05, 3.63) is 49.9 Å². The average molecular weight is 348 g/mol. The van der Waals surface area contributed by atoms with Gasteiger partial charge in [0, 0.05) is 11.8 Å². The first kappa shape index (κ1) is 14.5. The summed E-state index contributed by atoms with van der Waals surface area (Å²) in [6, 6.07) is 2.25. The second-order valence-corrected chi connectivity index (χ2v) is 5.90. The Labute approximate surface area is 122 Å². The Hall–Kier alpha value is -0.890. The molecule has 2 rings (SSSR count). The maximum Gasteiger partial charge on any atom is 0.173 e. The minimum atomic E-state index is -0.910. The van der Waals surface area contributed by atoms with Crippen molar-refractivity contribution in [2.45, 2.75) is 19.4 Å². The Morgan fingerprint density at radius 3 is 2.79 bits per heavy atom. The van der Waals surface area contributed by atoms with Gasteiger partial charge in [-0.3, -0.25) is 11.3 Å². The molecule has 1 unspecified atom stereocenters. The molecule has 0 aliphatic carbocycles. The zero-order chi connectivity index (χ0) is 14.0. The first-order chi connectivity index (χ1) is 9.02. The topological polar surface area (TPSA) is 50.9 Å². The minimum Gasteiger partial charge on any atom is -0.271 e. The second-order valence-electron chi connectivity index (χ2n) is 4.05. The van der Waals surface area contributed by atoms with E-state index in [0.717, 1.165) is 16.8 Å². The lowest BCUT2D eigenvalue weighted by Crippen LogP contribution is -2.30. The van der Waals surface area contributed by atoms with Gasteiger partial charge in [0.1, 0.15) is 0 Å². The Kier molecular flexibility index (Phi) is 4.62. The number of halogens is 3. The van der Waals surface area contributed by atoms with Crippen molar-refractivity contribution < 1.29 is 8.78 Å². The van der Waals surface area contributed by atoms with Crippen molar-refractivity contribution in [3.8, 4) is 0 Å². The van der Waals surface area contributed by atoms with Gasteiger partial charge in [-0.25, -0.2) is 13.8 Å². The number of aryl methyl sites for hydroxylation is 1. The van der Waals surface area contributed by atoms with E-state index in [4.69, 9.17) is 5.84 Å². The first-order valence-electron chi connectivity index (χ1n) is 5.53. The van der Waals surface area contributed by atoms with Crippen LogP contribution in [-0.4, -0.2) is 4.98 Å². The lowest BCUT2D eigenvalue weighted by Gasteiger charge is -2.17. The molecule has 0 fully saturated rings. The molecule has 19 heavy (non-hydrogen) atoms. The lowest BCUT2D eigenvalue weighted by atomic mass is 10.0. The van der Waals surface area contributed by atoms with Crippen LogP contribution in [0, 0.1) is 18.6 Å². The van der Waals surface area contributed by atoms with Crippen LogP contribution in [0.3, 0.4) is 0 Å². The highest BCUT2D eigenvalue weighted by molar-refractivity contribution is 9.10. The fourth-order valence-electron chi connectivity index (χ4n) is 1.78. The van der Waals surface area contributed by atoms with Gasteiger partial charge in [-0.2, -0.15) is 0 Å². The largest absolute Gasteiger partial charge is 0.271 e. The van der Waals surface area contributed by atoms with Gasteiger partial charge in [0.15, 0.2) is 11.6 Å². The molecule has 1 aromatic carbocycles. The summed E-state index contributed by atoms with van der Waals surface area (Å²) in [5.74, 6) is 3.70. The highest BCUT2D eigenvalue weighted by Crippen LogP contribution is 2.29. The number of rotatable bonds is 4. The number of nitrogens with two attached hydrogens (primary N) is 1. The minimum absolute atomic E-state index is 0.0856. The van der Waals surface area contributed by atoms with Crippen LogP contribution in [0.5, 0.6) is 0 Å². The van der Waals surface area contributed by atoms with Crippen LogP contribution in [0.2, 0.25) is 0 Å². The van der Waals surface area contributed by atoms with E-state index in [1.807, 2.05) is 12.3 Å². The van der Waals surface area contributed by atoms with Gasteiger partial charge < -0.3 is 0 Å². The second kappa shape index (κ2) is 6.04. The number of nitrogens with one attached hydrogen (secondary N) is 1. The van der Waals surface area contributed by atoms with E-state index in [9.17, 15) is 8.78 Å². The van der Waals surface area contributed by atoms with Gasteiger partial charge in [-0.05, 0) is 34.5 Å². The number of aromatic nitrogens is 1. The van der Waals surface area contributed by atoms with Crippen molar-refractivity contribution in [3.63, 3.8) is 0 Å². The van der Waals surface area contributed by atoms with Crippen molar-refractivity contribution in [1.82, 2.24) is 10.4 Å². The van der Waals surface area contributed by atoms with Crippen LogP contribution in [-0.2, 0) is 6.42 Å². The fourth-order valence-corrected chi connectivity index (χ4v) is 3.00. The van der Waals surface area contributed by atoms with Crippen LogP contribution in [0.4, 0.5) is 8.78 Å². The molecule has 0 saturated carbocycles. The molecule has 3 N–H and O–H groups in total. The van der Waals surface area contributed by atoms with Crippen molar-refractivity contribution in [1.29, 1.82) is 0 Å². The van der Waals surface area contributed by atoms with Crippen molar-refractivity contribution in [2.75, 3.05) is 0 Å². The van der Waals surface area contributed by atoms with E-state index in [1.165, 1.54) is 17.4 Å². The van der Waals surface area contributed by atoms with Crippen molar-refractivity contribution in [2.24, 2.45) is 5.84 Å². The number of thiazole rings is 1. The predicted molar refractivity (Wildman–Crippen MR) is 74.7 cm³/mol. The SMILES string of the molecule is Cc1nc(CC(NN)c2ccc(F)c(F)c2Br)cs1. The third-order valence-electron chi connectivity index (χ3n) is 2.72. The molecule has 102 valence electrons. The molecule has 7 heteroatoms. The van der Waals surface area contributed by atoms with Gasteiger partial charge in [0.2, 0.25) is 0 Å². The molecule has 0 aliphatic rings. The van der Waals surface area contributed by atoms with Gasteiger partial charge in [0.05, 0.1) is 21.2 Å². The quantitative estimate of drug-likeness (QED) is 0.507. The Morgan fingerprint density at radius 2 is 2.21 bits per heavy atom. The van der Waals surface area contributed by atoms with E-state index in [0.29, 0.717) is 12.0 Å². The summed E-state index contributed by atoms with van der Waals surface area (Å²) in [4.78, 5) is 4.33. The molecule has 2 aromatic rings. The molecular weight excluding hydrogens is 336 g/mol. The number of nitrogens with zero attached hydrogens (tertiary/aromatic N) is 1. The number of hydrogen-bond donors (Lipinski definition) is 2. The molecule has 1 aromatic heterocycles. The van der Waals surface area contributed by atoms with Crippen LogP contribution in [0.15, 0.2) is 22.0 Å². The van der Waals surface area contributed by atoms with Gasteiger partial charge >= 0.3 is 0 Å². The summed E-state index contributed by atoms with van der Waals surface area (Å²) in [5.41, 5.74) is 4.03. The summed E-state index contributed by atoms with van der Waals surface area (Å²) in [5, 5.41) is 2.88. The molecule has 0 aliphatic heterocycles. The molecule has 0 saturated heterocycles. The van der Waals surface area contributed by atoms with Gasteiger partial charge in [-0.15, -0.1) is 11.3 Å².